The molecule has 0 unspecified atom stereocenters. The van der Waals surface area contributed by atoms with Crippen LogP contribution in [0.4, 0.5) is 0 Å². The van der Waals surface area contributed by atoms with Crippen molar-refractivity contribution in [3.05, 3.63) is 66.6 Å². The fourth-order valence-corrected chi connectivity index (χ4v) is 2.26. The maximum absolute atomic E-state index is 12.0. The molecule has 0 aliphatic heterocycles. The van der Waals surface area contributed by atoms with E-state index in [1.54, 1.807) is 18.5 Å². The third-order valence-corrected chi connectivity index (χ3v) is 3.26. The predicted octanol–water partition coefficient (Wildman–Crippen LogP) is 2.68. The molecular weight excluding hydrogens is 276 g/mol. The normalized spacial score (nSPS) is 10.4. The number of nitrogens with zero attached hydrogens (tertiary/aromatic N) is 3. The number of rotatable bonds is 4. The van der Waals surface area contributed by atoms with Gasteiger partial charge in [-0.25, -0.2) is 4.98 Å². The average Bonchev–Trinajstić information content (AvgIpc) is 3.06. The first-order chi connectivity index (χ1) is 10.8. The Balaban J connectivity index is 2.01. The maximum atomic E-state index is 12.0. The molecule has 0 spiro atoms. The minimum Gasteiger partial charge on any atom is -0.352 e. The summed E-state index contributed by atoms with van der Waals surface area (Å²) in [6, 6.07) is 13.1. The van der Waals surface area contributed by atoms with Crippen LogP contribution in [0.25, 0.3) is 17.2 Å². The molecule has 2 heterocycles. The topological polar surface area (TPSA) is 59.8 Å². The second-order valence-electron chi connectivity index (χ2n) is 4.75. The molecule has 0 aliphatic rings. The zero-order valence-electron chi connectivity index (χ0n) is 12.2. The Kier molecular flexibility index (Phi) is 3.96. The molecule has 0 saturated carbocycles. The number of imidazole rings is 1. The van der Waals surface area contributed by atoms with E-state index in [1.807, 2.05) is 54.1 Å². The number of aromatic nitrogens is 3. The van der Waals surface area contributed by atoms with Crippen LogP contribution in [0.5, 0.6) is 0 Å². The first kappa shape index (κ1) is 14.0. The van der Waals surface area contributed by atoms with E-state index in [1.165, 1.54) is 0 Å². The van der Waals surface area contributed by atoms with Crippen LogP contribution in [0, 0.1) is 0 Å². The first-order valence-corrected chi connectivity index (χ1v) is 7.13. The Labute approximate surface area is 128 Å². The van der Waals surface area contributed by atoms with Crippen molar-refractivity contribution in [3.63, 3.8) is 0 Å². The lowest BCUT2D eigenvalue weighted by Gasteiger charge is -2.09. The summed E-state index contributed by atoms with van der Waals surface area (Å²) in [4.78, 5) is 20.7. The van der Waals surface area contributed by atoms with Crippen molar-refractivity contribution in [1.29, 1.82) is 0 Å². The number of amides is 1. The molecule has 3 aromatic rings. The van der Waals surface area contributed by atoms with E-state index in [0.29, 0.717) is 12.1 Å². The van der Waals surface area contributed by atoms with Gasteiger partial charge in [-0.15, -0.1) is 0 Å². The number of pyridine rings is 1. The predicted molar refractivity (Wildman–Crippen MR) is 84.8 cm³/mol. The summed E-state index contributed by atoms with van der Waals surface area (Å²) >= 11 is 0. The monoisotopic (exact) mass is 292 g/mol. The second-order valence-corrected chi connectivity index (χ2v) is 4.75. The Morgan fingerprint density at radius 3 is 2.82 bits per heavy atom. The van der Waals surface area contributed by atoms with Crippen LogP contribution in [0.1, 0.15) is 17.3 Å². The smallest absolute Gasteiger partial charge is 0.251 e. The number of carbonyl (C=O) groups excluding carboxylic acids is 1. The van der Waals surface area contributed by atoms with Crippen molar-refractivity contribution in [2.24, 2.45) is 0 Å². The van der Waals surface area contributed by atoms with Gasteiger partial charge in [-0.1, -0.05) is 12.1 Å². The fourth-order valence-electron chi connectivity index (χ4n) is 2.26. The summed E-state index contributed by atoms with van der Waals surface area (Å²) in [5.41, 5.74) is 2.29. The van der Waals surface area contributed by atoms with E-state index in [4.69, 9.17) is 0 Å². The molecular formula is C17H16N4O. The van der Waals surface area contributed by atoms with E-state index in [2.05, 4.69) is 15.3 Å². The van der Waals surface area contributed by atoms with Crippen LogP contribution < -0.4 is 5.32 Å². The molecule has 0 radical (unpaired) electrons. The molecule has 1 N–H and O–H groups in total. The van der Waals surface area contributed by atoms with E-state index in [0.717, 1.165) is 17.2 Å². The molecule has 0 bridgehead atoms. The van der Waals surface area contributed by atoms with Gasteiger partial charge in [-0.05, 0) is 37.3 Å². The zero-order valence-corrected chi connectivity index (χ0v) is 12.2. The van der Waals surface area contributed by atoms with Crippen molar-refractivity contribution in [3.8, 4) is 17.2 Å². The quantitative estimate of drug-likeness (QED) is 0.804. The molecule has 22 heavy (non-hydrogen) atoms. The number of nitrogens with one attached hydrogen (secondary N) is 1. The highest BCUT2D eigenvalue weighted by molar-refractivity contribution is 5.94. The SMILES string of the molecule is CCNC(=O)c1cccc(-n2ccnc2-c2ccccn2)c1. The molecule has 0 aliphatic carbocycles. The Hall–Kier alpha value is -2.95. The molecule has 1 aromatic carbocycles. The molecule has 3 rings (SSSR count). The lowest BCUT2D eigenvalue weighted by atomic mass is 10.2. The highest BCUT2D eigenvalue weighted by Crippen LogP contribution is 2.20. The Morgan fingerprint density at radius 1 is 1.14 bits per heavy atom. The first-order valence-electron chi connectivity index (χ1n) is 7.13. The van der Waals surface area contributed by atoms with Crippen LogP contribution in [-0.4, -0.2) is 27.0 Å². The van der Waals surface area contributed by atoms with E-state index in [9.17, 15) is 4.79 Å². The lowest BCUT2D eigenvalue weighted by molar-refractivity contribution is 0.0956. The zero-order chi connectivity index (χ0) is 15.4. The molecule has 0 fully saturated rings. The van der Waals surface area contributed by atoms with Gasteiger partial charge in [0.2, 0.25) is 0 Å². The van der Waals surface area contributed by atoms with Gasteiger partial charge in [0, 0.05) is 36.4 Å². The molecule has 110 valence electrons. The van der Waals surface area contributed by atoms with Crippen molar-refractivity contribution in [1.82, 2.24) is 19.9 Å². The average molecular weight is 292 g/mol. The Morgan fingerprint density at radius 2 is 2.05 bits per heavy atom. The Bertz CT molecular complexity index is 780. The summed E-state index contributed by atoms with van der Waals surface area (Å²) in [6.45, 7) is 2.50. The summed E-state index contributed by atoms with van der Waals surface area (Å²) in [5, 5.41) is 2.80. The molecule has 5 nitrogen and oxygen atoms in total. The van der Waals surface area contributed by atoms with E-state index in [-0.39, 0.29) is 5.91 Å². The summed E-state index contributed by atoms with van der Waals surface area (Å²) in [6.07, 6.45) is 5.32. The van der Waals surface area contributed by atoms with Gasteiger partial charge in [0.25, 0.3) is 5.91 Å². The van der Waals surface area contributed by atoms with Crippen LogP contribution in [0.2, 0.25) is 0 Å². The fraction of sp³-hybridized carbons (Fsp3) is 0.118. The second kappa shape index (κ2) is 6.22. The number of carbonyl (C=O) groups is 1. The van der Waals surface area contributed by atoms with Crippen molar-refractivity contribution < 1.29 is 4.79 Å². The van der Waals surface area contributed by atoms with Crippen molar-refractivity contribution >= 4 is 5.91 Å². The third kappa shape index (κ3) is 2.74. The third-order valence-electron chi connectivity index (χ3n) is 3.26. The van der Waals surface area contributed by atoms with Crippen molar-refractivity contribution in [2.45, 2.75) is 6.92 Å². The van der Waals surface area contributed by atoms with Gasteiger partial charge in [-0.3, -0.25) is 14.3 Å². The number of benzene rings is 1. The summed E-state index contributed by atoms with van der Waals surface area (Å²) in [7, 11) is 0. The van der Waals surface area contributed by atoms with Gasteiger partial charge < -0.3 is 5.32 Å². The van der Waals surface area contributed by atoms with Crippen LogP contribution >= 0.6 is 0 Å². The highest BCUT2D eigenvalue weighted by Gasteiger charge is 2.10. The number of hydrogen-bond acceptors (Lipinski definition) is 3. The van der Waals surface area contributed by atoms with Crippen LogP contribution in [-0.2, 0) is 0 Å². The van der Waals surface area contributed by atoms with Gasteiger partial charge in [0.15, 0.2) is 5.82 Å². The van der Waals surface area contributed by atoms with Gasteiger partial charge in [0.1, 0.15) is 5.69 Å². The molecule has 2 aromatic heterocycles. The molecule has 5 heteroatoms. The van der Waals surface area contributed by atoms with Gasteiger partial charge >= 0.3 is 0 Å². The molecule has 1 amide bonds. The molecule has 0 saturated heterocycles. The summed E-state index contributed by atoms with van der Waals surface area (Å²) in [5.74, 6) is 0.664. The minimum absolute atomic E-state index is 0.0798. The highest BCUT2D eigenvalue weighted by atomic mass is 16.1. The largest absolute Gasteiger partial charge is 0.352 e. The van der Waals surface area contributed by atoms with E-state index < -0.39 is 0 Å². The van der Waals surface area contributed by atoms with Crippen molar-refractivity contribution in [2.75, 3.05) is 6.54 Å². The van der Waals surface area contributed by atoms with E-state index >= 15 is 0 Å². The summed E-state index contributed by atoms with van der Waals surface area (Å²) < 4.78 is 1.92. The van der Waals surface area contributed by atoms with Crippen LogP contribution in [0.15, 0.2) is 61.1 Å². The van der Waals surface area contributed by atoms with Crippen LogP contribution in [0.3, 0.4) is 0 Å². The minimum atomic E-state index is -0.0798. The number of hydrogen-bond donors (Lipinski definition) is 1. The van der Waals surface area contributed by atoms with Gasteiger partial charge in [0.05, 0.1) is 0 Å². The van der Waals surface area contributed by atoms with Gasteiger partial charge in [-0.2, -0.15) is 0 Å². The lowest BCUT2D eigenvalue weighted by Crippen LogP contribution is -2.22. The molecule has 0 atom stereocenters. The standard InChI is InChI=1S/C17H16N4O/c1-2-18-17(22)13-6-5-7-14(12-13)21-11-10-20-16(21)15-8-3-4-9-19-15/h3-12H,2H2,1H3,(H,18,22). The maximum Gasteiger partial charge on any atom is 0.251 e.